The molecule has 1 saturated heterocycles. The molecular weight excluding hydrogens is 291 g/mol. The maximum atomic E-state index is 13.6. The highest BCUT2D eigenvalue weighted by Gasteiger charge is 2.46. The zero-order chi connectivity index (χ0) is 16.2. The molecule has 7 heteroatoms. The van der Waals surface area contributed by atoms with Gasteiger partial charge in [0.05, 0.1) is 11.1 Å². The Kier molecular flexibility index (Phi) is 3.09. The highest BCUT2D eigenvalue weighted by molar-refractivity contribution is 6.23. The summed E-state index contributed by atoms with van der Waals surface area (Å²) in [5.74, 6) is -2.84. The minimum atomic E-state index is -1.02. The Bertz CT molecular complexity index is 702. The molecule has 1 unspecified atom stereocenters. The van der Waals surface area contributed by atoms with Crippen molar-refractivity contribution in [3.8, 4) is 0 Å². The van der Waals surface area contributed by atoms with Gasteiger partial charge in [-0.05, 0) is 31.0 Å². The van der Waals surface area contributed by atoms with Gasteiger partial charge in [0.25, 0.3) is 17.7 Å². The average Bonchev–Trinajstić information content (AvgIpc) is 2.70. The summed E-state index contributed by atoms with van der Waals surface area (Å²) in [4.78, 5) is 50.3. The molecule has 4 amide bonds. The molecular formula is C15H13FN2O4. The van der Waals surface area contributed by atoms with E-state index in [9.17, 15) is 23.6 Å². The first-order valence-electron chi connectivity index (χ1n) is 6.81. The molecule has 0 aromatic heterocycles. The summed E-state index contributed by atoms with van der Waals surface area (Å²) >= 11 is 0. The van der Waals surface area contributed by atoms with Crippen LogP contribution in [-0.4, -0.2) is 46.5 Å². The van der Waals surface area contributed by atoms with Crippen molar-refractivity contribution in [2.45, 2.75) is 25.8 Å². The van der Waals surface area contributed by atoms with Gasteiger partial charge in [-0.15, -0.1) is 0 Å². The van der Waals surface area contributed by atoms with Gasteiger partial charge in [-0.3, -0.25) is 29.0 Å². The van der Waals surface area contributed by atoms with Gasteiger partial charge in [0.2, 0.25) is 5.91 Å². The minimum Gasteiger partial charge on any atom is -0.284 e. The Morgan fingerprint density at radius 3 is 2.32 bits per heavy atom. The van der Waals surface area contributed by atoms with E-state index in [-0.39, 0.29) is 35.4 Å². The number of fused-ring (bicyclic) bond motifs is 1. The molecule has 22 heavy (non-hydrogen) atoms. The normalized spacial score (nSPS) is 21.7. The van der Waals surface area contributed by atoms with E-state index in [4.69, 9.17) is 0 Å². The summed E-state index contributed by atoms with van der Waals surface area (Å²) in [5, 5.41) is 0. The summed E-state index contributed by atoms with van der Waals surface area (Å²) in [6.07, 6.45) is 0.169. The smallest absolute Gasteiger partial charge is 0.262 e. The molecule has 6 nitrogen and oxygen atoms in total. The van der Waals surface area contributed by atoms with Crippen LogP contribution in [0, 0.1) is 12.7 Å². The van der Waals surface area contributed by atoms with Crippen LogP contribution in [-0.2, 0) is 9.59 Å². The summed E-state index contributed by atoms with van der Waals surface area (Å²) < 4.78 is 13.6. The first kappa shape index (κ1) is 14.4. The van der Waals surface area contributed by atoms with E-state index in [0.717, 1.165) is 15.9 Å². The highest BCUT2D eigenvalue weighted by Crippen LogP contribution is 2.30. The largest absolute Gasteiger partial charge is 0.284 e. The van der Waals surface area contributed by atoms with Gasteiger partial charge in [-0.1, -0.05) is 0 Å². The van der Waals surface area contributed by atoms with Gasteiger partial charge in [-0.25, -0.2) is 4.39 Å². The lowest BCUT2D eigenvalue weighted by Gasteiger charge is -2.32. The number of carbonyl (C=O) groups is 4. The second-order valence-corrected chi connectivity index (χ2v) is 5.47. The van der Waals surface area contributed by atoms with Crippen molar-refractivity contribution in [3.05, 3.63) is 34.6 Å². The second kappa shape index (κ2) is 4.72. The van der Waals surface area contributed by atoms with Crippen LogP contribution in [0.3, 0.4) is 0 Å². The van der Waals surface area contributed by atoms with Gasteiger partial charge in [0.15, 0.2) is 0 Å². The number of piperidine rings is 1. The van der Waals surface area contributed by atoms with Crippen LogP contribution in [0.1, 0.15) is 39.1 Å². The van der Waals surface area contributed by atoms with E-state index >= 15 is 0 Å². The molecule has 1 atom stereocenters. The average molecular weight is 304 g/mol. The van der Waals surface area contributed by atoms with Crippen LogP contribution >= 0.6 is 0 Å². The lowest BCUT2D eigenvalue weighted by atomic mass is 10.0. The molecule has 2 aliphatic rings. The number of benzene rings is 1. The fourth-order valence-corrected chi connectivity index (χ4v) is 2.81. The third-order valence-corrected chi connectivity index (χ3v) is 4.13. The van der Waals surface area contributed by atoms with E-state index in [0.29, 0.717) is 0 Å². The quantitative estimate of drug-likeness (QED) is 0.722. The van der Waals surface area contributed by atoms with Crippen molar-refractivity contribution in [3.63, 3.8) is 0 Å². The van der Waals surface area contributed by atoms with Crippen molar-refractivity contribution in [2.75, 3.05) is 7.05 Å². The Morgan fingerprint density at radius 2 is 1.68 bits per heavy atom. The van der Waals surface area contributed by atoms with Crippen LogP contribution in [0.15, 0.2) is 12.1 Å². The first-order valence-corrected chi connectivity index (χ1v) is 6.81. The number of nitrogens with zero attached hydrogens (tertiary/aromatic N) is 2. The van der Waals surface area contributed by atoms with Crippen molar-refractivity contribution in [2.24, 2.45) is 0 Å². The Labute approximate surface area is 125 Å². The number of hydrogen-bond donors (Lipinski definition) is 0. The lowest BCUT2D eigenvalue weighted by molar-refractivity contribution is -0.149. The van der Waals surface area contributed by atoms with E-state index in [2.05, 4.69) is 0 Å². The van der Waals surface area contributed by atoms with Crippen LogP contribution in [0.25, 0.3) is 0 Å². The predicted molar refractivity (Wildman–Crippen MR) is 72.4 cm³/mol. The van der Waals surface area contributed by atoms with E-state index in [1.807, 2.05) is 0 Å². The van der Waals surface area contributed by atoms with Gasteiger partial charge in [0.1, 0.15) is 11.9 Å². The Balaban J connectivity index is 2.01. The van der Waals surface area contributed by atoms with Crippen molar-refractivity contribution in [1.29, 1.82) is 0 Å². The molecule has 1 aromatic carbocycles. The zero-order valence-electron chi connectivity index (χ0n) is 12.1. The van der Waals surface area contributed by atoms with Crippen LogP contribution in [0.4, 0.5) is 4.39 Å². The number of likely N-dealkylation sites (N-methyl/N-ethyl adjacent to an activating group) is 1. The Morgan fingerprint density at radius 1 is 1.09 bits per heavy atom. The minimum absolute atomic E-state index is 0.0412. The number of imide groups is 2. The molecule has 3 rings (SSSR count). The number of amides is 4. The standard InChI is InChI=1S/C15H13FN2O4/c1-7-5-8-9(6-10(7)16)14(21)18(13(8)20)11-3-4-12(19)17(2)15(11)22/h5-6,11H,3-4H2,1-2H3. The van der Waals surface area contributed by atoms with Gasteiger partial charge in [-0.2, -0.15) is 0 Å². The number of carbonyl (C=O) groups excluding carboxylic acids is 4. The fraction of sp³-hybridized carbons (Fsp3) is 0.333. The molecule has 0 saturated carbocycles. The van der Waals surface area contributed by atoms with E-state index in [1.54, 1.807) is 0 Å². The number of likely N-dealkylation sites (tertiary alicyclic amines) is 1. The number of rotatable bonds is 1. The molecule has 0 radical (unpaired) electrons. The molecule has 2 heterocycles. The Hall–Kier alpha value is -2.57. The monoisotopic (exact) mass is 304 g/mol. The third kappa shape index (κ3) is 1.85. The molecule has 1 aromatic rings. The summed E-state index contributed by atoms with van der Waals surface area (Å²) in [7, 11) is 1.32. The van der Waals surface area contributed by atoms with Crippen molar-refractivity contribution < 1.29 is 23.6 Å². The maximum Gasteiger partial charge on any atom is 0.262 e. The van der Waals surface area contributed by atoms with Gasteiger partial charge < -0.3 is 0 Å². The van der Waals surface area contributed by atoms with Crippen LogP contribution in [0.5, 0.6) is 0 Å². The molecule has 0 bridgehead atoms. The molecule has 2 aliphatic heterocycles. The van der Waals surface area contributed by atoms with Gasteiger partial charge >= 0.3 is 0 Å². The number of aryl methyl sites for hydroxylation is 1. The first-order chi connectivity index (χ1) is 10.3. The van der Waals surface area contributed by atoms with Crippen molar-refractivity contribution >= 4 is 23.6 Å². The molecule has 0 aliphatic carbocycles. The van der Waals surface area contributed by atoms with Gasteiger partial charge in [0, 0.05) is 13.5 Å². The highest BCUT2D eigenvalue weighted by atomic mass is 19.1. The molecule has 0 N–H and O–H groups in total. The fourth-order valence-electron chi connectivity index (χ4n) is 2.81. The number of hydrogen-bond acceptors (Lipinski definition) is 4. The second-order valence-electron chi connectivity index (χ2n) is 5.47. The molecule has 1 fully saturated rings. The third-order valence-electron chi connectivity index (χ3n) is 4.13. The summed E-state index contributed by atoms with van der Waals surface area (Å²) in [6, 6.07) is 1.32. The molecule has 0 spiro atoms. The zero-order valence-corrected chi connectivity index (χ0v) is 12.1. The summed E-state index contributed by atoms with van der Waals surface area (Å²) in [5.41, 5.74) is 0.306. The SMILES string of the molecule is Cc1cc2c(cc1F)C(=O)N(C1CCC(=O)N(C)C1=O)C2=O. The van der Waals surface area contributed by atoms with Crippen molar-refractivity contribution in [1.82, 2.24) is 9.80 Å². The molecule has 114 valence electrons. The topological polar surface area (TPSA) is 74.8 Å². The predicted octanol–water partition coefficient (Wildman–Crippen LogP) is 0.878. The number of halogens is 1. The summed E-state index contributed by atoms with van der Waals surface area (Å²) in [6.45, 7) is 1.49. The maximum absolute atomic E-state index is 13.6. The van der Waals surface area contributed by atoms with Crippen LogP contribution in [0.2, 0.25) is 0 Å². The lowest BCUT2D eigenvalue weighted by Crippen LogP contribution is -2.54. The van der Waals surface area contributed by atoms with E-state index in [1.165, 1.54) is 20.0 Å². The van der Waals surface area contributed by atoms with Crippen LogP contribution < -0.4 is 0 Å². The van der Waals surface area contributed by atoms with E-state index < -0.39 is 29.6 Å².